The maximum atomic E-state index is 11.0. The van der Waals surface area contributed by atoms with Crippen molar-refractivity contribution in [1.29, 1.82) is 0 Å². The highest BCUT2D eigenvalue weighted by Crippen LogP contribution is 1.85. The van der Waals surface area contributed by atoms with E-state index < -0.39 is 0 Å². The first kappa shape index (κ1) is 5.63. The molecule has 0 saturated heterocycles. The van der Waals surface area contributed by atoms with Crippen molar-refractivity contribution >= 4 is 0 Å². The van der Waals surface area contributed by atoms with E-state index in [1.165, 1.54) is 0 Å². The van der Waals surface area contributed by atoms with Crippen LogP contribution in [0.5, 0.6) is 0 Å². The number of halogens is 1. The van der Waals surface area contributed by atoms with E-state index >= 15 is 0 Å². The largest absolute Gasteiger partial charge is 0.392 e. The van der Waals surface area contributed by atoms with Crippen LogP contribution in [0.1, 0.15) is 0 Å². The minimum Gasteiger partial charge on any atom is -0.392 e. The van der Waals surface area contributed by atoms with Gasteiger partial charge in [-0.05, 0) is 12.5 Å². The van der Waals surface area contributed by atoms with E-state index in [9.17, 15) is 4.39 Å². The summed E-state index contributed by atoms with van der Waals surface area (Å²) in [7, 11) is 0. The highest BCUT2D eigenvalue weighted by atomic mass is 19.1. The molecule has 0 aliphatic carbocycles. The first-order chi connectivity index (χ1) is 2.81. The molecular weight excluding hydrogens is 83.0 g/mol. The second-order valence-corrected chi connectivity index (χ2v) is 0.925. The maximum absolute atomic E-state index is 11.0. The Morgan fingerprint density at radius 2 is 2.50 bits per heavy atom. The lowest BCUT2D eigenvalue weighted by atomic mass is 10.4. The summed E-state index contributed by atoms with van der Waals surface area (Å²) in [6, 6.07) is 0. The van der Waals surface area contributed by atoms with Crippen molar-refractivity contribution in [3.8, 4) is 0 Å². The predicted molar refractivity (Wildman–Crippen MR) is 21.6 cm³/mol. The average molecular weight is 89.1 g/mol. The zero-order valence-corrected chi connectivity index (χ0v) is 3.32. The third-order valence-corrected chi connectivity index (χ3v) is 0.357. The fraction of sp³-hybridized carbons (Fsp3) is 0.250. The molecule has 0 unspecified atom stereocenters. The van der Waals surface area contributed by atoms with Gasteiger partial charge in [-0.15, -0.1) is 0 Å². The monoisotopic (exact) mass is 89.0 g/mol. The van der Waals surface area contributed by atoms with Crippen molar-refractivity contribution in [1.82, 2.24) is 0 Å². The Morgan fingerprint density at radius 3 is 2.50 bits per heavy atom. The van der Waals surface area contributed by atoms with Gasteiger partial charge in [-0.3, -0.25) is 0 Å². The summed E-state index contributed by atoms with van der Waals surface area (Å²) in [5.41, 5.74) is 0.106. The maximum Gasteiger partial charge on any atom is 0.0881 e. The molecule has 0 aromatic heterocycles. The average Bonchev–Trinajstić information content (AvgIpc) is 1.65. The Kier molecular flexibility index (Phi) is 2.67. The van der Waals surface area contributed by atoms with Crippen LogP contribution in [0.15, 0.2) is 11.9 Å². The van der Waals surface area contributed by atoms with Crippen LogP contribution in [-0.4, -0.2) is 11.7 Å². The summed E-state index contributed by atoms with van der Waals surface area (Å²) in [4.78, 5) is 0. The summed E-state index contributed by atoms with van der Waals surface area (Å²) in [5.74, 6) is 0. The molecule has 0 aliphatic rings. The third kappa shape index (κ3) is 1.91. The van der Waals surface area contributed by atoms with Gasteiger partial charge >= 0.3 is 0 Å². The van der Waals surface area contributed by atoms with Gasteiger partial charge < -0.3 is 5.11 Å². The van der Waals surface area contributed by atoms with Crippen LogP contribution >= 0.6 is 0 Å². The van der Waals surface area contributed by atoms with E-state index in [1.807, 2.05) is 0 Å². The fourth-order valence-corrected chi connectivity index (χ4v) is 0.0345. The van der Waals surface area contributed by atoms with Crippen molar-refractivity contribution < 1.29 is 9.50 Å². The molecule has 0 fully saturated rings. The Bertz CT molecular complexity index is 58.6. The normalized spacial score (nSPS) is 12.2. The molecule has 0 bridgehead atoms. The standard InChI is InChI=1S/C4H6FO/c1-4(2-5)3-6/h2,6H,1,3H2/b4-2+. The molecule has 0 aromatic rings. The first-order valence-electron chi connectivity index (χ1n) is 1.53. The molecule has 2 heteroatoms. The van der Waals surface area contributed by atoms with Crippen molar-refractivity contribution in [2.24, 2.45) is 0 Å². The van der Waals surface area contributed by atoms with E-state index in [2.05, 4.69) is 6.92 Å². The van der Waals surface area contributed by atoms with Gasteiger partial charge in [0, 0.05) is 0 Å². The van der Waals surface area contributed by atoms with Gasteiger partial charge in [0.25, 0.3) is 0 Å². The molecule has 35 valence electrons. The second kappa shape index (κ2) is 2.85. The summed E-state index contributed by atoms with van der Waals surface area (Å²) in [6.07, 6.45) is 0.278. The molecule has 0 aliphatic heterocycles. The fourth-order valence-electron chi connectivity index (χ4n) is 0.0345. The molecule has 0 saturated carbocycles. The molecule has 0 atom stereocenters. The minimum atomic E-state index is -0.295. The minimum absolute atomic E-state index is 0.106. The van der Waals surface area contributed by atoms with Crippen LogP contribution in [-0.2, 0) is 0 Å². The van der Waals surface area contributed by atoms with Crippen LogP contribution in [0.2, 0.25) is 0 Å². The van der Waals surface area contributed by atoms with E-state index in [-0.39, 0.29) is 18.5 Å². The number of hydrogen-bond acceptors (Lipinski definition) is 1. The Balaban J connectivity index is 3.22. The van der Waals surface area contributed by atoms with E-state index in [1.54, 1.807) is 0 Å². The Morgan fingerprint density at radius 1 is 2.00 bits per heavy atom. The smallest absolute Gasteiger partial charge is 0.0881 e. The van der Waals surface area contributed by atoms with E-state index in [4.69, 9.17) is 5.11 Å². The lowest BCUT2D eigenvalue weighted by molar-refractivity contribution is 0.332. The molecule has 1 nitrogen and oxygen atoms in total. The zero-order valence-electron chi connectivity index (χ0n) is 3.32. The number of hydrogen-bond donors (Lipinski definition) is 1. The Hall–Kier alpha value is -0.370. The molecule has 0 spiro atoms. The number of rotatable bonds is 1. The molecule has 0 amide bonds. The van der Waals surface area contributed by atoms with Gasteiger partial charge in [0.15, 0.2) is 0 Å². The highest BCUT2D eigenvalue weighted by Gasteiger charge is 1.77. The summed E-state index contributed by atoms with van der Waals surface area (Å²) < 4.78 is 11.0. The topological polar surface area (TPSA) is 20.2 Å². The van der Waals surface area contributed by atoms with Gasteiger partial charge in [-0.25, -0.2) is 4.39 Å². The highest BCUT2D eigenvalue weighted by molar-refractivity contribution is 4.99. The zero-order chi connectivity index (χ0) is 4.99. The lowest BCUT2D eigenvalue weighted by Crippen LogP contribution is -1.79. The second-order valence-electron chi connectivity index (χ2n) is 0.925. The predicted octanol–water partition coefficient (Wildman–Crippen LogP) is 0.666. The molecule has 0 rings (SSSR count). The van der Waals surface area contributed by atoms with Gasteiger partial charge in [0.2, 0.25) is 0 Å². The van der Waals surface area contributed by atoms with Crippen molar-refractivity contribution in [2.75, 3.05) is 6.61 Å². The Labute approximate surface area is 36.1 Å². The molecule has 0 heterocycles. The number of aliphatic hydroxyl groups is 1. The van der Waals surface area contributed by atoms with Crippen LogP contribution in [0, 0.1) is 6.92 Å². The van der Waals surface area contributed by atoms with Gasteiger partial charge in [0.1, 0.15) is 0 Å². The molecule has 0 aromatic carbocycles. The van der Waals surface area contributed by atoms with Gasteiger partial charge in [0.05, 0.1) is 12.9 Å². The van der Waals surface area contributed by atoms with E-state index in [0.29, 0.717) is 0 Å². The van der Waals surface area contributed by atoms with Crippen LogP contribution in [0.4, 0.5) is 4.39 Å². The molecule has 6 heavy (non-hydrogen) atoms. The van der Waals surface area contributed by atoms with Crippen LogP contribution in [0.3, 0.4) is 0 Å². The molecule has 1 N–H and O–H groups in total. The third-order valence-electron chi connectivity index (χ3n) is 0.357. The van der Waals surface area contributed by atoms with Crippen molar-refractivity contribution in [2.45, 2.75) is 0 Å². The van der Waals surface area contributed by atoms with Gasteiger partial charge in [-0.1, -0.05) is 0 Å². The molecule has 1 radical (unpaired) electrons. The van der Waals surface area contributed by atoms with Crippen LogP contribution in [0.25, 0.3) is 0 Å². The summed E-state index contributed by atoms with van der Waals surface area (Å²) in [5, 5.41) is 7.96. The molecular formula is C4H6FO. The lowest BCUT2D eigenvalue weighted by Gasteiger charge is -1.81. The van der Waals surface area contributed by atoms with Crippen molar-refractivity contribution in [3.05, 3.63) is 18.8 Å². The van der Waals surface area contributed by atoms with Crippen LogP contribution < -0.4 is 0 Å². The first-order valence-corrected chi connectivity index (χ1v) is 1.53. The number of aliphatic hydroxyl groups excluding tert-OH is 1. The summed E-state index contributed by atoms with van der Waals surface area (Å²) >= 11 is 0. The van der Waals surface area contributed by atoms with Crippen molar-refractivity contribution in [3.63, 3.8) is 0 Å². The van der Waals surface area contributed by atoms with E-state index in [0.717, 1.165) is 0 Å². The summed E-state index contributed by atoms with van der Waals surface area (Å²) in [6.45, 7) is 2.82. The quantitative estimate of drug-likeness (QED) is 0.500. The SMILES string of the molecule is [CH2]/C(=C\F)CO. The van der Waals surface area contributed by atoms with Gasteiger partial charge in [-0.2, -0.15) is 0 Å².